The Bertz CT molecular complexity index is 1510. The highest BCUT2D eigenvalue weighted by Gasteiger charge is 2.14. The molecule has 0 saturated heterocycles. The van der Waals surface area contributed by atoms with Crippen LogP contribution in [0.4, 0.5) is 9.18 Å². The first kappa shape index (κ1) is 23.4. The summed E-state index contributed by atoms with van der Waals surface area (Å²) in [5.74, 6) is 0.200. The SMILES string of the molecule is Cc1[nH]c2c(F)ccc(C)c2c1CCNC(=O)Oc1ccc(-c2ccc(-c3ccccc3)cc2)cc1. The molecule has 0 radical (unpaired) electrons. The van der Waals surface area contributed by atoms with Crippen molar-refractivity contribution < 1.29 is 13.9 Å². The Kier molecular flexibility index (Phi) is 6.54. The fourth-order valence-electron chi connectivity index (χ4n) is 4.59. The van der Waals surface area contributed by atoms with E-state index < -0.39 is 6.09 Å². The molecule has 36 heavy (non-hydrogen) atoms. The molecule has 1 aromatic heterocycles. The molecule has 5 rings (SSSR count). The minimum atomic E-state index is -0.518. The number of carbonyl (C=O) groups excluding carboxylic acids is 1. The van der Waals surface area contributed by atoms with Gasteiger partial charge in [-0.2, -0.15) is 0 Å². The van der Waals surface area contributed by atoms with Crippen molar-refractivity contribution in [1.29, 1.82) is 0 Å². The van der Waals surface area contributed by atoms with Crippen LogP contribution in [0.25, 0.3) is 33.2 Å². The normalized spacial score (nSPS) is 11.0. The van der Waals surface area contributed by atoms with Gasteiger partial charge in [0, 0.05) is 17.6 Å². The number of benzene rings is 4. The van der Waals surface area contributed by atoms with Crippen molar-refractivity contribution in [3.8, 4) is 28.0 Å². The second-order valence-electron chi connectivity index (χ2n) is 8.88. The molecule has 0 aliphatic rings. The third-order valence-electron chi connectivity index (χ3n) is 6.46. The van der Waals surface area contributed by atoms with E-state index in [9.17, 15) is 9.18 Å². The van der Waals surface area contributed by atoms with Gasteiger partial charge in [-0.15, -0.1) is 0 Å². The zero-order valence-electron chi connectivity index (χ0n) is 20.3. The van der Waals surface area contributed by atoms with E-state index in [4.69, 9.17) is 4.74 Å². The van der Waals surface area contributed by atoms with Crippen LogP contribution in [0, 0.1) is 19.7 Å². The molecule has 0 aliphatic heterocycles. The van der Waals surface area contributed by atoms with Crippen molar-refractivity contribution in [3.05, 3.63) is 114 Å². The van der Waals surface area contributed by atoms with Crippen LogP contribution < -0.4 is 10.1 Å². The number of amides is 1. The first-order valence-corrected chi connectivity index (χ1v) is 12.0. The summed E-state index contributed by atoms with van der Waals surface area (Å²) >= 11 is 0. The van der Waals surface area contributed by atoms with E-state index in [2.05, 4.69) is 46.7 Å². The van der Waals surface area contributed by atoms with Gasteiger partial charge in [-0.25, -0.2) is 9.18 Å². The van der Waals surface area contributed by atoms with Crippen LogP contribution in [0.1, 0.15) is 16.8 Å². The second-order valence-corrected chi connectivity index (χ2v) is 8.88. The van der Waals surface area contributed by atoms with Crippen LogP contribution in [0.3, 0.4) is 0 Å². The lowest BCUT2D eigenvalue weighted by atomic mass is 10.0. The monoisotopic (exact) mass is 478 g/mol. The lowest BCUT2D eigenvalue weighted by molar-refractivity contribution is 0.200. The zero-order chi connectivity index (χ0) is 25.1. The number of hydrogen-bond donors (Lipinski definition) is 2. The quantitative estimate of drug-likeness (QED) is 0.264. The van der Waals surface area contributed by atoms with Crippen LogP contribution in [-0.2, 0) is 6.42 Å². The van der Waals surface area contributed by atoms with Gasteiger partial charge in [0.2, 0.25) is 0 Å². The summed E-state index contributed by atoms with van der Waals surface area (Å²) in [5.41, 5.74) is 7.90. The largest absolute Gasteiger partial charge is 0.412 e. The average Bonchev–Trinajstić information content (AvgIpc) is 3.24. The number of hydrogen-bond acceptors (Lipinski definition) is 2. The van der Waals surface area contributed by atoms with E-state index in [0.29, 0.717) is 24.2 Å². The molecule has 1 heterocycles. The molecule has 4 nitrogen and oxygen atoms in total. The molecule has 180 valence electrons. The van der Waals surface area contributed by atoms with Crippen molar-refractivity contribution in [2.45, 2.75) is 20.3 Å². The zero-order valence-corrected chi connectivity index (χ0v) is 20.3. The van der Waals surface area contributed by atoms with Gasteiger partial charge in [-0.1, -0.05) is 72.8 Å². The smallest absolute Gasteiger partial charge is 0.410 e. The summed E-state index contributed by atoms with van der Waals surface area (Å²) in [4.78, 5) is 15.5. The number of nitrogens with one attached hydrogen (secondary N) is 2. The number of H-pyrrole nitrogens is 1. The van der Waals surface area contributed by atoms with Crippen LogP contribution in [-0.4, -0.2) is 17.6 Å². The van der Waals surface area contributed by atoms with Gasteiger partial charge in [0.1, 0.15) is 11.6 Å². The Morgan fingerprint density at radius 2 is 1.39 bits per heavy atom. The summed E-state index contributed by atoms with van der Waals surface area (Å²) in [6.07, 6.45) is 0.0544. The van der Waals surface area contributed by atoms with Gasteiger partial charge >= 0.3 is 6.09 Å². The maximum atomic E-state index is 14.2. The number of ether oxygens (including phenoxy) is 1. The number of halogens is 1. The summed E-state index contributed by atoms with van der Waals surface area (Å²) in [5, 5.41) is 3.68. The number of aromatic nitrogens is 1. The van der Waals surface area contributed by atoms with E-state index in [1.165, 1.54) is 17.2 Å². The van der Waals surface area contributed by atoms with Gasteiger partial charge in [0.05, 0.1) is 5.52 Å². The van der Waals surface area contributed by atoms with Gasteiger partial charge < -0.3 is 15.0 Å². The predicted molar refractivity (Wildman–Crippen MR) is 143 cm³/mol. The molecule has 5 heteroatoms. The van der Waals surface area contributed by atoms with Crippen molar-refractivity contribution >= 4 is 17.0 Å². The lowest BCUT2D eigenvalue weighted by Crippen LogP contribution is -2.28. The molecule has 0 unspecified atom stereocenters. The van der Waals surface area contributed by atoms with Crippen LogP contribution in [0.5, 0.6) is 5.75 Å². The van der Waals surface area contributed by atoms with E-state index in [1.807, 2.05) is 44.2 Å². The Balaban J connectivity index is 1.18. The van der Waals surface area contributed by atoms with Gasteiger partial charge in [0.15, 0.2) is 0 Å². The average molecular weight is 479 g/mol. The van der Waals surface area contributed by atoms with E-state index in [1.54, 1.807) is 18.2 Å². The third kappa shape index (κ3) is 4.86. The number of aromatic amines is 1. The van der Waals surface area contributed by atoms with Gasteiger partial charge in [-0.05, 0) is 71.8 Å². The minimum Gasteiger partial charge on any atom is -0.410 e. The predicted octanol–water partition coefficient (Wildman–Crippen LogP) is 7.59. The second kappa shape index (κ2) is 10.1. The Hall–Kier alpha value is -4.38. The maximum Gasteiger partial charge on any atom is 0.412 e. The van der Waals surface area contributed by atoms with Crippen LogP contribution >= 0.6 is 0 Å². The fourth-order valence-corrected chi connectivity index (χ4v) is 4.59. The van der Waals surface area contributed by atoms with Crippen molar-refractivity contribution in [2.24, 2.45) is 0 Å². The fraction of sp³-hybridized carbons (Fsp3) is 0.129. The summed E-state index contributed by atoms with van der Waals surface area (Å²) in [6.45, 7) is 4.26. The van der Waals surface area contributed by atoms with Crippen molar-refractivity contribution in [3.63, 3.8) is 0 Å². The third-order valence-corrected chi connectivity index (χ3v) is 6.46. The van der Waals surface area contributed by atoms with Gasteiger partial charge in [0.25, 0.3) is 0 Å². The molecule has 5 aromatic rings. The standard InChI is InChI=1S/C31H27FN2O2/c1-20-8-17-28(32)30-29(20)27(21(2)34-30)18-19-33-31(35)36-26-15-13-25(14-16-26)24-11-9-23(10-12-24)22-6-4-3-5-7-22/h3-17,34H,18-19H2,1-2H3,(H,33,35). The van der Waals surface area contributed by atoms with Gasteiger partial charge in [-0.3, -0.25) is 0 Å². The highest BCUT2D eigenvalue weighted by atomic mass is 19.1. The molecule has 0 fully saturated rings. The van der Waals surface area contributed by atoms with Crippen molar-refractivity contribution in [1.82, 2.24) is 10.3 Å². The van der Waals surface area contributed by atoms with Crippen LogP contribution in [0.15, 0.2) is 91.0 Å². The van der Waals surface area contributed by atoms with E-state index in [-0.39, 0.29) is 5.82 Å². The molecule has 0 aliphatic carbocycles. The number of fused-ring (bicyclic) bond motifs is 1. The molecule has 2 N–H and O–H groups in total. The summed E-state index contributed by atoms with van der Waals surface area (Å²) in [7, 11) is 0. The van der Waals surface area contributed by atoms with Crippen LogP contribution in [0.2, 0.25) is 0 Å². The minimum absolute atomic E-state index is 0.270. The summed E-state index contributed by atoms with van der Waals surface area (Å²) in [6, 6.07) is 29.3. The molecule has 4 aromatic carbocycles. The molecule has 1 amide bonds. The highest BCUT2D eigenvalue weighted by Crippen LogP contribution is 2.28. The molecule has 0 bridgehead atoms. The first-order chi connectivity index (χ1) is 17.5. The Morgan fingerprint density at radius 3 is 2.03 bits per heavy atom. The number of carbonyl (C=O) groups is 1. The topological polar surface area (TPSA) is 54.1 Å². The summed E-state index contributed by atoms with van der Waals surface area (Å²) < 4.78 is 19.6. The lowest BCUT2D eigenvalue weighted by Gasteiger charge is -2.09. The first-order valence-electron chi connectivity index (χ1n) is 12.0. The molecule has 0 spiro atoms. The highest BCUT2D eigenvalue weighted by molar-refractivity contribution is 5.88. The van der Waals surface area contributed by atoms with E-state index in [0.717, 1.165) is 33.3 Å². The van der Waals surface area contributed by atoms with E-state index >= 15 is 0 Å². The maximum absolute atomic E-state index is 14.2. The molecule has 0 atom stereocenters. The molecular formula is C31H27FN2O2. The molecule has 0 saturated carbocycles. The Labute approximate surface area is 209 Å². The molecular weight excluding hydrogens is 451 g/mol. The number of rotatable bonds is 6. The van der Waals surface area contributed by atoms with Crippen molar-refractivity contribution in [2.75, 3.05) is 6.54 Å². The number of aryl methyl sites for hydroxylation is 2. The Morgan fingerprint density at radius 1 is 0.806 bits per heavy atom.